The number of aryl methyl sites for hydroxylation is 2. The van der Waals surface area contributed by atoms with Gasteiger partial charge >= 0.3 is 0 Å². The van der Waals surface area contributed by atoms with E-state index in [-0.39, 0.29) is 5.92 Å². The number of nitrogens with zero attached hydrogens (tertiary/aromatic N) is 4. The summed E-state index contributed by atoms with van der Waals surface area (Å²) < 4.78 is 7.01. The van der Waals surface area contributed by atoms with Crippen LogP contribution in [-0.2, 0) is 12.6 Å². The van der Waals surface area contributed by atoms with Crippen LogP contribution in [0.15, 0.2) is 4.42 Å². The van der Waals surface area contributed by atoms with Crippen molar-refractivity contribution in [1.82, 2.24) is 20.0 Å². The first kappa shape index (κ1) is 15.3. The number of hydrogen-bond acceptors (Lipinski definition) is 7. The first-order valence-electron chi connectivity index (χ1n) is 8.22. The molecule has 0 aliphatic heterocycles. The molecule has 2 unspecified atom stereocenters. The molecular weight excluding hydrogens is 310 g/mol. The predicted octanol–water partition coefficient (Wildman–Crippen LogP) is 1.30. The summed E-state index contributed by atoms with van der Waals surface area (Å²) in [4.78, 5) is 11.4. The highest BCUT2D eigenvalue weighted by molar-refractivity contribution is 5.83. The maximum atomic E-state index is 11.4. The van der Waals surface area contributed by atoms with E-state index in [9.17, 15) is 9.90 Å². The third kappa shape index (κ3) is 2.16. The average molecular weight is 331 g/mol. The number of aliphatic hydroxyl groups is 1. The summed E-state index contributed by atoms with van der Waals surface area (Å²) in [5, 5.41) is 23.2. The van der Waals surface area contributed by atoms with Crippen molar-refractivity contribution in [3.05, 3.63) is 23.0 Å². The monoisotopic (exact) mass is 331 g/mol. The molecular formula is C16H21N5O3. The lowest BCUT2D eigenvalue weighted by Crippen LogP contribution is -2.23. The number of nitrogens with two attached hydrogens (primary N) is 1. The second-order valence-corrected chi connectivity index (χ2v) is 7.18. The van der Waals surface area contributed by atoms with Crippen LogP contribution in [0.3, 0.4) is 0 Å². The summed E-state index contributed by atoms with van der Waals surface area (Å²) in [7, 11) is 1.75. The van der Waals surface area contributed by atoms with E-state index in [0.29, 0.717) is 47.8 Å². The van der Waals surface area contributed by atoms with Gasteiger partial charge in [-0.3, -0.25) is 9.48 Å². The van der Waals surface area contributed by atoms with Crippen molar-refractivity contribution in [2.75, 3.05) is 5.73 Å². The van der Waals surface area contributed by atoms with Gasteiger partial charge in [-0.05, 0) is 37.5 Å². The average Bonchev–Trinajstić information content (AvgIpc) is 3.24. The molecule has 24 heavy (non-hydrogen) atoms. The number of aromatic nitrogens is 4. The number of hydrogen-bond donors (Lipinski definition) is 2. The Morgan fingerprint density at radius 1 is 1.33 bits per heavy atom. The topological polar surface area (TPSA) is 120 Å². The van der Waals surface area contributed by atoms with Gasteiger partial charge in [-0.2, -0.15) is 5.10 Å². The van der Waals surface area contributed by atoms with Crippen LogP contribution in [0.1, 0.15) is 59.4 Å². The molecule has 0 bridgehead atoms. The molecule has 3 N–H and O–H groups in total. The Balaban J connectivity index is 1.54. The van der Waals surface area contributed by atoms with E-state index < -0.39 is 5.60 Å². The van der Waals surface area contributed by atoms with Gasteiger partial charge in [0.15, 0.2) is 6.29 Å². The van der Waals surface area contributed by atoms with Crippen LogP contribution < -0.4 is 5.73 Å². The molecule has 0 spiro atoms. The minimum atomic E-state index is -1.03. The van der Waals surface area contributed by atoms with Crippen LogP contribution in [-0.4, -0.2) is 31.4 Å². The van der Waals surface area contributed by atoms with Crippen LogP contribution in [0.5, 0.6) is 0 Å². The molecule has 8 nitrogen and oxygen atoms in total. The van der Waals surface area contributed by atoms with E-state index >= 15 is 0 Å². The van der Waals surface area contributed by atoms with Crippen LogP contribution >= 0.6 is 0 Å². The normalized spacial score (nSPS) is 32.2. The number of aldehydes is 1. The molecule has 0 saturated heterocycles. The molecule has 2 fully saturated rings. The largest absolute Gasteiger partial charge is 0.422 e. The molecule has 0 aromatic carbocycles. The SMILES string of the molecule is Cc1nnc(C2(O)CC3CC(c4nn(C)c(N)c4C=O)CC3C2)o1. The zero-order chi connectivity index (χ0) is 17.1. The lowest BCUT2D eigenvalue weighted by molar-refractivity contribution is 0.00672. The van der Waals surface area contributed by atoms with Crippen molar-refractivity contribution in [1.29, 1.82) is 0 Å². The Bertz CT molecular complexity index is 782. The summed E-state index contributed by atoms with van der Waals surface area (Å²) in [5.74, 6) is 2.12. The summed E-state index contributed by atoms with van der Waals surface area (Å²) in [5.41, 5.74) is 6.18. The maximum absolute atomic E-state index is 11.4. The molecule has 2 aromatic heterocycles. The molecule has 0 radical (unpaired) electrons. The van der Waals surface area contributed by atoms with E-state index in [0.717, 1.165) is 24.8 Å². The highest BCUT2D eigenvalue weighted by Gasteiger charge is 2.52. The van der Waals surface area contributed by atoms with E-state index in [4.69, 9.17) is 10.2 Å². The number of nitrogen functional groups attached to an aromatic ring is 1. The van der Waals surface area contributed by atoms with Gasteiger partial charge in [0.2, 0.25) is 11.8 Å². The van der Waals surface area contributed by atoms with E-state index in [1.807, 2.05) is 0 Å². The van der Waals surface area contributed by atoms with Crippen molar-refractivity contribution in [2.45, 2.75) is 44.1 Å². The number of rotatable bonds is 3. The minimum Gasteiger partial charge on any atom is -0.422 e. The molecule has 2 aromatic rings. The Morgan fingerprint density at radius 2 is 2.00 bits per heavy atom. The molecule has 2 atom stereocenters. The van der Waals surface area contributed by atoms with Crippen molar-refractivity contribution in [3.63, 3.8) is 0 Å². The van der Waals surface area contributed by atoms with Crippen LogP contribution in [0.25, 0.3) is 0 Å². The minimum absolute atomic E-state index is 0.206. The first-order chi connectivity index (χ1) is 11.4. The fraction of sp³-hybridized carbons (Fsp3) is 0.625. The molecule has 2 heterocycles. The van der Waals surface area contributed by atoms with Gasteiger partial charge < -0.3 is 15.3 Å². The fourth-order valence-corrected chi connectivity index (χ4v) is 4.54. The first-order valence-corrected chi connectivity index (χ1v) is 8.22. The molecule has 2 aliphatic carbocycles. The van der Waals surface area contributed by atoms with Crippen molar-refractivity contribution >= 4 is 12.1 Å². The zero-order valence-electron chi connectivity index (χ0n) is 13.8. The standard InChI is InChI=1S/C16H21N5O3/c1-8-18-19-15(24-8)16(23)5-10-3-9(4-11(10)6-16)13-12(7-22)14(17)21(2)20-13/h7,9-11,23H,3-6,17H2,1-2H3. The summed E-state index contributed by atoms with van der Waals surface area (Å²) in [6.07, 6.45) is 3.78. The van der Waals surface area contributed by atoms with Gasteiger partial charge in [0.05, 0.1) is 11.3 Å². The summed E-state index contributed by atoms with van der Waals surface area (Å²) >= 11 is 0. The van der Waals surface area contributed by atoms with Crippen molar-refractivity contribution in [2.24, 2.45) is 18.9 Å². The molecule has 0 amide bonds. The predicted molar refractivity (Wildman–Crippen MR) is 84.1 cm³/mol. The maximum Gasteiger partial charge on any atom is 0.247 e. The van der Waals surface area contributed by atoms with Gasteiger partial charge in [-0.25, -0.2) is 0 Å². The van der Waals surface area contributed by atoms with Crippen molar-refractivity contribution < 1.29 is 14.3 Å². The van der Waals surface area contributed by atoms with Crippen LogP contribution in [0.2, 0.25) is 0 Å². The number of carbonyl (C=O) groups excluding carboxylic acids is 1. The quantitative estimate of drug-likeness (QED) is 0.813. The Labute approximate surface area is 139 Å². The van der Waals surface area contributed by atoms with Crippen LogP contribution in [0, 0.1) is 18.8 Å². The number of carbonyl (C=O) groups is 1. The summed E-state index contributed by atoms with van der Waals surface area (Å²) in [6.45, 7) is 1.72. The molecule has 4 rings (SSSR count). The van der Waals surface area contributed by atoms with Gasteiger partial charge in [-0.1, -0.05) is 0 Å². The highest BCUT2D eigenvalue weighted by atomic mass is 16.4. The summed E-state index contributed by atoms with van der Waals surface area (Å²) in [6, 6.07) is 0. The molecule has 2 aliphatic rings. The van der Waals surface area contributed by atoms with Crippen LogP contribution in [0.4, 0.5) is 5.82 Å². The smallest absolute Gasteiger partial charge is 0.247 e. The number of fused-ring (bicyclic) bond motifs is 1. The number of anilines is 1. The van der Waals surface area contributed by atoms with Gasteiger partial charge in [-0.15, -0.1) is 10.2 Å². The third-order valence-electron chi connectivity index (χ3n) is 5.63. The molecule has 2 saturated carbocycles. The van der Waals surface area contributed by atoms with Gasteiger partial charge in [0, 0.05) is 19.9 Å². The highest BCUT2D eigenvalue weighted by Crippen LogP contribution is 2.56. The van der Waals surface area contributed by atoms with E-state index in [1.54, 1.807) is 18.7 Å². The van der Waals surface area contributed by atoms with Gasteiger partial charge in [0.1, 0.15) is 11.4 Å². The Hall–Kier alpha value is -2.22. The van der Waals surface area contributed by atoms with E-state index in [2.05, 4.69) is 15.3 Å². The van der Waals surface area contributed by atoms with Gasteiger partial charge in [0.25, 0.3) is 0 Å². The Kier molecular flexibility index (Phi) is 3.28. The lowest BCUT2D eigenvalue weighted by atomic mass is 9.92. The lowest BCUT2D eigenvalue weighted by Gasteiger charge is -2.20. The third-order valence-corrected chi connectivity index (χ3v) is 5.63. The fourth-order valence-electron chi connectivity index (χ4n) is 4.54. The van der Waals surface area contributed by atoms with Crippen molar-refractivity contribution in [3.8, 4) is 0 Å². The Morgan fingerprint density at radius 3 is 2.54 bits per heavy atom. The second-order valence-electron chi connectivity index (χ2n) is 7.18. The second kappa shape index (κ2) is 5.14. The molecule has 128 valence electrons. The molecule has 8 heteroatoms. The zero-order valence-corrected chi connectivity index (χ0v) is 13.8. The van der Waals surface area contributed by atoms with E-state index in [1.165, 1.54) is 0 Å².